The number of hydrogen-bond acceptors (Lipinski definition) is 3. The Labute approximate surface area is 319 Å². The minimum absolute atomic E-state index is 0.546. The van der Waals surface area contributed by atoms with Gasteiger partial charge in [0.25, 0.3) is 0 Å². The molecule has 0 N–H and O–H groups in total. The van der Waals surface area contributed by atoms with Gasteiger partial charge in [0.1, 0.15) is 0 Å². The van der Waals surface area contributed by atoms with Crippen LogP contribution >= 0.6 is 11.3 Å². The second-order valence-corrected chi connectivity index (χ2v) is 14.8. The van der Waals surface area contributed by atoms with E-state index < -0.39 is 5.41 Å². The monoisotopic (exact) mass is 706 g/mol. The number of benzene rings is 6. The fourth-order valence-electron chi connectivity index (χ4n) is 8.63. The minimum atomic E-state index is -0.546. The summed E-state index contributed by atoms with van der Waals surface area (Å²) in [6.07, 6.45) is 5.48. The van der Waals surface area contributed by atoms with Gasteiger partial charge in [0.15, 0.2) is 5.82 Å². The summed E-state index contributed by atoms with van der Waals surface area (Å²) in [5.41, 5.74) is 16.9. The third-order valence-electron chi connectivity index (χ3n) is 10.9. The molecule has 6 aromatic carbocycles. The molecule has 0 saturated heterocycles. The second kappa shape index (κ2) is 12.8. The van der Waals surface area contributed by atoms with Crippen molar-refractivity contribution in [1.29, 1.82) is 0 Å². The molecule has 2 heterocycles. The van der Waals surface area contributed by atoms with Crippen LogP contribution in [0.5, 0.6) is 0 Å². The Morgan fingerprint density at radius 3 is 1.63 bits per heavy atom. The van der Waals surface area contributed by atoms with Crippen molar-refractivity contribution in [1.82, 2.24) is 9.97 Å². The molecule has 254 valence electrons. The summed E-state index contributed by atoms with van der Waals surface area (Å²) >= 11 is 1.91. The minimum Gasteiger partial charge on any atom is -0.228 e. The van der Waals surface area contributed by atoms with Crippen molar-refractivity contribution in [3.05, 3.63) is 223 Å². The van der Waals surface area contributed by atoms with E-state index in [0.29, 0.717) is 5.82 Å². The Morgan fingerprint density at radius 1 is 0.500 bits per heavy atom. The van der Waals surface area contributed by atoms with E-state index in [2.05, 4.69) is 159 Å². The maximum absolute atomic E-state index is 5.22. The van der Waals surface area contributed by atoms with Gasteiger partial charge in [-0.25, -0.2) is 9.97 Å². The fraction of sp³-hybridized carbons (Fsp3) is 0.0196. The zero-order chi connectivity index (χ0) is 36.2. The smallest absolute Gasteiger partial charge is 0.160 e. The summed E-state index contributed by atoms with van der Waals surface area (Å²) in [6.45, 7) is 8.03. The quantitative estimate of drug-likeness (QED) is 0.154. The van der Waals surface area contributed by atoms with Crippen molar-refractivity contribution < 1.29 is 0 Å². The topological polar surface area (TPSA) is 25.8 Å². The number of nitrogens with zero attached hydrogens (tertiary/aromatic N) is 2. The van der Waals surface area contributed by atoms with E-state index in [4.69, 9.17) is 9.97 Å². The summed E-state index contributed by atoms with van der Waals surface area (Å²) in [5.74, 6) is 0.615. The van der Waals surface area contributed by atoms with E-state index in [0.717, 1.165) is 28.1 Å². The highest BCUT2D eigenvalue weighted by Gasteiger charge is 2.54. The Kier molecular flexibility index (Phi) is 7.57. The molecule has 3 heteroatoms. The average molecular weight is 707 g/mol. The van der Waals surface area contributed by atoms with Crippen LogP contribution in [0, 0.1) is 0 Å². The molecule has 0 radical (unpaired) electrons. The fourth-order valence-corrected chi connectivity index (χ4v) is 10.0. The van der Waals surface area contributed by atoms with Gasteiger partial charge in [-0.05, 0) is 62.2 Å². The molecule has 8 aromatic rings. The number of hydrogen-bond donors (Lipinski definition) is 0. The van der Waals surface area contributed by atoms with Gasteiger partial charge < -0.3 is 0 Å². The van der Waals surface area contributed by atoms with Gasteiger partial charge in [-0.2, -0.15) is 0 Å². The summed E-state index contributed by atoms with van der Waals surface area (Å²) in [7, 11) is 0. The molecule has 2 aliphatic carbocycles. The Bertz CT molecular complexity index is 2750. The molecule has 2 aliphatic rings. The first-order valence-corrected chi connectivity index (χ1v) is 19.0. The van der Waals surface area contributed by atoms with Gasteiger partial charge in [0.2, 0.25) is 0 Å². The van der Waals surface area contributed by atoms with E-state index >= 15 is 0 Å². The van der Waals surface area contributed by atoms with Crippen LogP contribution in [0.15, 0.2) is 195 Å². The van der Waals surface area contributed by atoms with Gasteiger partial charge in [-0.15, -0.1) is 11.3 Å². The molecular formula is C51H34N2S. The van der Waals surface area contributed by atoms with Crippen molar-refractivity contribution in [3.8, 4) is 65.6 Å². The molecule has 0 unspecified atom stereocenters. The Morgan fingerprint density at radius 2 is 1.04 bits per heavy atom. The van der Waals surface area contributed by atoms with Crippen molar-refractivity contribution in [2.75, 3.05) is 0 Å². The van der Waals surface area contributed by atoms with Crippen molar-refractivity contribution in [3.63, 3.8) is 0 Å². The highest BCUT2D eigenvalue weighted by molar-refractivity contribution is 7.19. The zero-order valence-electron chi connectivity index (χ0n) is 29.5. The van der Waals surface area contributed by atoms with Crippen molar-refractivity contribution >= 4 is 16.9 Å². The third kappa shape index (κ3) is 4.72. The van der Waals surface area contributed by atoms with Crippen LogP contribution in [-0.4, -0.2) is 9.97 Å². The molecule has 0 aliphatic heterocycles. The van der Waals surface area contributed by atoms with E-state index in [1.807, 2.05) is 35.6 Å². The van der Waals surface area contributed by atoms with Crippen LogP contribution in [0.2, 0.25) is 0 Å². The number of rotatable bonds is 7. The molecule has 2 aromatic heterocycles. The lowest BCUT2D eigenvalue weighted by Gasteiger charge is -2.31. The molecule has 0 fully saturated rings. The number of thiophene rings is 1. The van der Waals surface area contributed by atoms with Crippen LogP contribution < -0.4 is 0 Å². The standard InChI is InChI=1S/C51H34N2S/c1-3-18-33(4-2)50-52-44(34-19-8-5-9-20-34)32-45(53-50)37-29-30-40-43(31-37)51(41-27-16-14-25-38(41)39-26-15-17-28-42(39)51)47-46(40)48(35-21-10-6-11-22-35)54-49(47)36-23-12-7-13-24-36/h3-32H,1-2H2/b33-18+. The largest absolute Gasteiger partial charge is 0.228 e. The molecule has 0 saturated carbocycles. The summed E-state index contributed by atoms with van der Waals surface area (Å²) in [6, 6.07) is 59.3. The molecule has 0 amide bonds. The summed E-state index contributed by atoms with van der Waals surface area (Å²) < 4.78 is 0. The van der Waals surface area contributed by atoms with Crippen molar-refractivity contribution in [2.24, 2.45) is 0 Å². The number of allylic oxidation sites excluding steroid dienone is 4. The molecule has 10 rings (SSSR count). The first kappa shape index (κ1) is 32.0. The molecule has 0 atom stereocenters. The van der Waals surface area contributed by atoms with E-state index in [1.165, 1.54) is 65.4 Å². The highest BCUT2D eigenvalue weighted by atomic mass is 32.1. The first-order valence-electron chi connectivity index (χ1n) is 18.2. The van der Waals surface area contributed by atoms with E-state index in [9.17, 15) is 0 Å². The molecule has 54 heavy (non-hydrogen) atoms. The van der Waals surface area contributed by atoms with Crippen molar-refractivity contribution in [2.45, 2.75) is 5.41 Å². The molecule has 2 nitrogen and oxygen atoms in total. The average Bonchev–Trinajstić information content (AvgIpc) is 3.88. The molecule has 0 bridgehead atoms. The number of fused-ring (bicyclic) bond motifs is 10. The predicted molar refractivity (Wildman–Crippen MR) is 226 cm³/mol. The Hall–Kier alpha value is -6.68. The first-order chi connectivity index (χ1) is 26.7. The van der Waals surface area contributed by atoms with Crippen LogP contribution in [0.3, 0.4) is 0 Å². The molecule has 1 spiro atoms. The maximum atomic E-state index is 5.22. The van der Waals surface area contributed by atoms with Crippen LogP contribution in [0.1, 0.15) is 28.1 Å². The lowest BCUT2D eigenvalue weighted by atomic mass is 9.69. The summed E-state index contributed by atoms with van der Waals surface area (Å²) in [5, 5.41) is 0. The van der Waals surface area contributed by atoms with Gasteiger partial charge in [0.05, 0.1) is 16.8 Å². The van der Waals surface area contributed by atoms with E-state index in [-0.39, 0.29) is 0 Å². The second-order valence-electron chi connectivity index (χ2n) is 13.7. The van der Waals surface area contributed by atoms with Crippen LogP contribution in [0.25, 0.3) is 71.2 Å². The Balaban J connectivity index is 1.32. The third-order valence-corrected chi connectivity index (χ3v) is 12.2. The van der Waals surface area contributed by atoms with Gasteiger partial charge in [0, 0.05) is 32.0 Å². The predicted octanol–water partition coefficient (Wildman–Crippen LogP) is 13.3. The highest BCUT2D eigenvalue weighted by Crippen LogP contribution is 2.68. The maximum Gasteiger partial charge on any atom is 0.160 e. The van der Waals surface area contributed by atoms with E-state index in [1.54, 1.807) is 12.2 Å². The SMILES string of the molecule is C=C/C=C(\C=C)c1nc(-c2ccccc2)cc(-c2ccc3c(c2)C2(c4ccccc4-c4ccccc42)c2c(-c4ccccc4)sc(-c4ccccc4)c2-3)n1. The normalized spacial score (nSPS) is 13.2. The van der Waals surface area contributed by atoms with Crippen LogP contribution in [0.4, 0.5) is 0 Å². The van der Waals surface area contributed by atoms with Crippen LogP contribution in [-0.2, 0) is 5.41 Å². The molecular weight excluding hydrogens is 673 g/mol. The number of aromatic nitrogens is 2. The lowest BCUT2D eigenvalue weighted by Crippen LogP contribution is -2.26. The lowest BCUT2D eigenvalue weighted by molar-refractivity contribution is 0.799. The van der Waals surface area contributed by atoms with Gasteiger partial charge in [-0.3, -0.25) is 0 Å². The summed E-state index contributed by atoms with van der Waals surface area (Å²) in [4.78, 5) is 12.8. The van der Waals surface area contributed by atoms with Gasteiger partial charge in [-0.1, -0.05) is 183 Å². The van der Waals surface area contributed by atoms with Gasteiger partial charge >= 0.3 is 0 Å². The zero-order valence-corrected chi connectivity index (χ0v) is 30.4.